The van der Waals surface area contributed by atoms with Gasteiger partial charge in [-0.15, -0.1) is 0 Å². The van der Waals surface area contributed by atoms with E-state index >= 15 is 0 Å². The lowest BCUT2D eigenvalue weighted by Gasteiger charge is -2.17. The van der Waals surface area contributed by atoms with Crippen molar-refractivity contribution in [1.82, 2.24) is 20.3 Å². The molecular formula is C22H31N5O2. The molecule has 0 fully saturated rings. The lowest BCUT2D eigenvalue weighted by atomic mass is 9.90. The molecule has 1 aliphatic carbocycles. The number of aromatic nitrogens is 3. The van der Waals surface area contributed by atoms with Gasteiger partial charge in [-0.05, 0) is 37.8 Å². The Kier molecular flexibility index (Phi) is 6.79. The Morgan fingerprint density at radius 1 is 1.24 bits per heavy atom. The van der Waals surface area contributed by atoms with E-state index < -0.39 is 0 Å². The molecule has 2 heterocycles. The minimum Gasteiger partial charge on any atom is -0.492 e. The Labute approximate surface area is 172 Å². The lowest BCUT2D eigenvalue weighted by Crippen LogP contribution is -2.21. The molecule has 0 unspecified atom stereocenters. The first kappa shape index (κ1) is 21.2. The number of hydrogen-bond acceptors (Lipinski definition) is 7. The highest BCUT2D eigenvalue weighted by Gasteiger charge is 2.22. The van der Waals surface area contributed by atoms with Crippen LogP contribution in [0.25, 0.3) is 11.5 Å². The minimum atomic E-state index is -0.0187. The lowest BCUT2D eigenvalue weighted by molar-refractivity contribution is -0.119. The number of ketones is 1. The molecule has 0 spiro atoms. The van der Waals surface area contributed by atoms with Crippen molar-refractivity contribution in [2.24, 2.45) is 5.41 Å². The molecule has 29 heavy (non-hydrogen) atoms. The third kappa shape index (κ3) is 5.97. The number of likely N-dealkylation sites (N-methyl/N-ethyl adjacent to an activating group) is 1. The van der Waals surface area contributed by atoms with Gasteiger partial charge in [-0.3, -0.25) is 9.78 Å². The predicted octanol–water partition coefficient (Wildman–Crippen LogP) is 3.04. The van der Waals surface area contributed by atoms with E-state index in [9.17, 15) is 4.79 Å². The van der Waals surface area contributed by atoms with E-state index in [1.807, 2.05) is 19.2 Å². The molecule has 0 saturated carbocycles. The number of nitrogens with one attached hydrogen (secondary N) is 2. The molecule has 2 aromatic rings. The molecule has 2 N–H and O–H groups in total. The molecule has 2 aromatic heterocycles. The highest BCUT2D eigenvalue weighted by Crippen LogP contribution is 2.29. The summed E-state index contributed by atoms with van der Waals surface area (Å²) in [4.78, 5) is 26.2. The molecule has 7 heteroatoms. The SMILES string of the molecule is CNCCOc1ccnc(-c2nc3c(c(NCC(=O)CC(C)(C)C)n2)CCC3)c1. The average molecular weight is 398 g/mol. The predicted molar refractivity (Wildman–Crippen MR) is 114 cm³/mol. The van der Waals surface area contributed by atoms with Crippen molar-refractivity contribution in [1.29, 1.82) is 0 Å². The standard InChI is InChI=1S/C22H31N5O2/c1-22(2,3)13-15(28)14-25-20-17-6-5-7-18(17)26-21(27-20)19-12-16(8-9-24-19)29-11-10-23-4/h8-9,12,23H,5-7,10-11,13-14H2,1-4H3,(H,25,26,27). The van der Waals surface area contributed by atoms with Gasteiger partial charge < -0.3 is 15.4 Å². The van der Waals surface area contributed by atoms with Crippen molar-refractivity contribution in [2.45, 2.75) is 46.5 Å². The first-order valence-electron chi connectivity index (χ1n) is 10.2. The molecule has 0 atom stereocenters. The smallest absolute Gasteiger partial charge is 0.180 e. The maximum Gasteiger partial charge on any atom is 0.180 e. The number of rotatable bonds is 9. The van der Waals surface area contributed by atoms with Gasteiger partial charge in [0.15, 0.2) is 11.6 Å². The van der Waals surface area contributed by atoms with Crippen LogP contribution >= 0.6 is 0 Å². The van der Waals surface area contributed by atoms with Crippen LogP contribution in [0.1, 0.15) is 44.9 Å². The van der Waals surface area contributed by atoms with Crippen LogP contribution in [0, 0.1) is 5.41 Å². The van der Waals surface area contributed by atoms with Crippen LogP contribution in [0.5, 0.6) is 5.75 Å². The summed E-state index contributed by atoms with van der Waals surface area (Å²) >= 11 is 0. The van der Waals surface area contributed by atoms with Crippen LogP contribution in [0.15, 0.2) is 18.3 Å². The van der Waals surface area contributed by atoms with E-state index in [1.165, 1.54) is 0 Å². The fourth-order valence-corrected chi connectivity index (χ4v) is 3.42. The topological polar surface area (TPSA) is 89.0 Å². The molecule has 1 aliphatic rings. The van der Waals surface area contributed by atoms with Gasteiger partial charge >= 0.3 is 0 Å². The van der Waals surface area contributed by atoms with E-state index in [2.05, 4.69) is 36.4 Å². The van der Waals surface area contributed by atoms with Crippen LogP contribution in [0.3, 0.4) is 0 Å². The highest BCUT2D eigenvalue weighted by molar-refractivity contribution is 5.83. The summed E-state index contributed by atoms with van der Waals surface area (Å²) in [5.41, 5.74) is 2.82. The number of carbonyl (C=O) groups is 1. The van der Waals surface area contributed by atoms with E-state index in [1.54, 1.807) is 6.20 Å². The van der Waals surface area contributed by atoms with Gasteiger partial charge in [-0.1, -0.05) is 20.8 Å². The average Bonchev–Trinajstić information content (AvgIpc) is 3.14. The molecule has 156 valence electrons. The van der Waals surface area contributed by atoms with Gasteiger partial charge in [0, 0.05) is 36.5 Å². The van der Waals surface area contributed by atoms with Crippen molar-refractivity contribution in [2.75, 3.05) is 32.1 Å². The normalized spacial score (nSPS) is 13.2. The molecular weight excluding hydrogens is 366 g/mol. The van der Waals surface area contributed by atoms with Crippen molar-refractivity contribution in [3.05, 3.63) is 29.6 Å². The molecule has 0 aliphatic heterocycles. The van der Waals surface area contributed by atoms with Gasteiger partial charge in [0.05, 0.1) is 6.54 Å². The van der Waals surface area contributed by atoms with Crippen LogP contribution in [0.2, 0.25) is 0 Å². The van der Waals surface area contributed by atoms with E-state index in [0.717, 1.165) is 48.6 Å². The minimum absolute atomic E-state index is 0.0187. The quantitative estimate of drug-likeness (QED) is 0.629. The number of Topliss-reactive ketones (excluding diaryl/α,β-unsaturated/α-hetero) is 1. The molecule has 0 radical (unpaired) electrons. The number of carbonyl (C=O) groups excluding carboxylic acids is 1. The number of pyridine rings is 1. The Bertz CT molecular complexity index is 861. The first-order valence-corrected chi connectivity index (χ1v) is 10.2. The molecule has 0 bridgehead atoms. The van der Waals surface area contributed by atoms with Gasteiger partial charge in [0.25, 0.3) is 0 Å². The van der Waals surface area contributed by atoms with Crippen molar-refractivity contribution in [3.63, 3.8) is 0 Å². The van der Waals surface area contributed by atoms with Crippen molar-refractivity contribution >= 4 is 11.6 Å². The van der Waals surface area contributed by atoms with E-state index in [4.69, 9.17) is 14.7 Å². The first-order chi connectivity index (χ1) is 13.9. The van der Waals surface area contributed by atoms with Crippen LogP contribution in [-0.2, 0) is 17.6 Å². The molecule has 0 aromatic carbocycles. The van der Waals surface area contributed by atoms with E-state index in [0.29, 0.717) is 24.5 Å². The second kappa shape index (κ2) is 9.31. The Morgan fingerprint density at radius 2 is 2.07 bits per heavy atom. The number of anilines is 1. The number of aryl methyl sites for hydroxylation is 1. The zero-order valence-corrected chi connectivity index (χ0v) is 17.8. The summed E-state index contributed by atoms with van der Waals surface area (Å²) in [5.74, 6) is 2.25. The summed E-state index contributed by atoms with van der Waals surface area (Å²) < 4.78 is 5.74. The second-order valence-corrected chi connectivity index (χ2v) is 8.63. The maximum atomic E-state index is 12.3. The Balaban J connectivity index is 1.80. The van der Waals surface area contributed by atoms with E-state index in [-0.39, 0.29) is 17.7 Å². The third-order valence-electron chi connectivity index (χ3n) is 4.69. The summed E-state index contributed by atoms with van der Waals surface area (Å²) in [6, 6.07) is 3.69. The fourth-order valence-electron chi connectivity index (χ4n) is 3.42. The number of fused-ring (bicyclic) bond motifs is 1. The van der Waals surface area contributed by atoms with Crippen LogP contribution in [0.4, 0.5) is 5.82 Å². The summed E-state index contributed by atoms with van der Waals surface area (Å²) in [6.45, 7) is 7.84. The zero-order chi connectivity index (χ0) is 20.9. The zero-order valence-electron chi connectivity index (χ0n) is 17.8. The molecule has 7 nitrogen and oxygen atoms in total. The van der Waals surface area contributed by atoms with Crippen LogP contribution < -0.4 is 15.4 Å². The largest absolute Gasteiger partial charge is 0.492 e. The van der Waals surface area contributed by atoms with Crippen molar-refractivity contribution < 1.29 is 9.53 Å². The maximum absolute atomic E-state index is 12.3. The number of ether oxygens (including phenoxy) is 1. The van der Waals surface area contributed by atoms with Crippen LogP contribution in [-0.4, -0.2) is 47.5 Å². The highest BCUT2D eigenvalue weighted by atomic mass is 16.5. The number of hydrogen-bond donors (Lipinski definition) is 2. The number of nitrogens with zero attached hydrogens (tertiary/aromatic N) is 3. The summed E-state index contributed by atoms with van der Waals surface area (Å²) in [5, 5.41) is 6.32. The Hall–Kier alpha value is -2.54. The summed E-state index contributed by atoms with van der Waals surface area (Å²) in [7, 11) is 1.89. The molecule has 0 amide bonds. The fraction of sp³-hybridized carbons (Fsp3) is 0.545. The van der Waals surface area contributed by atoms with Gasteiger partial charge in [0.2, 0.25) is 0 Å². The van der Waals surface area contributed by atoms with Gasteiger partial charge in [-0.25, -0.2) is 9.97 Å². The Morgan fingerprint density at radius 3 is 2.83 bits per heavy atom. The second-order valence-electron chi connectivity index (χ2n) is 8.63. The van der Waals surface area contributed by atoms with Gasteiger partial charge in [-0.2, -0.15) is 0 Å². The molecule has 0 saturated heterocycles. The molecule has 3 rings (SSSR count). The summed E-state index contributed by atoms with van der Waals surface area (Å²) in [6.07, 6.45) is 5.16. The van der Waals surface area contributed by atoms with Crippen molar-refractivity contribution in [3.8, 4) is 17.3 Å². The monoisotopic (exact) mass is 397 g/mol. The van der Waals surface area contributed by atoms with Gasteiger partial charge in [0.1, 0.15) is 23.9 Å². The third-order valence-corrected chi connectivity index (χ3v) is 4.69.